The molecule has 4 rings (SSSR count). The highest BCUT2D eigenvalue weighted by Gasteiger charge is 2.49. The highest BCUT2D eigenvalue weighted by molar-refractivity contribution is 5.69. The van der Waals surface area contributed by atoms with Crippen LogP contribution in [0.1, 0.15) is 38.5 Å². The molecule has 0 bridgehead atoms. The first-order chi connectivity index (χ1) is 9.69. The van der Waals surface area contributed by atoms with Crippen molar-refractivity contribution in [3.05, 3.63) is 0 Å². The molecule has 5 nitrogen and oxygen atoms in total. The van der Waals surface area contributed by atoms with Crippen molar-refractivity contribution in [2.75, 3.05) is 32.9 Å². The van der Waals surface area contributed by atoms with Gasteiger partial charge in [-0.05, 0) is 38.5 Å². The molecule has 0 unspecified atom stereocenters. The Morgan fingerprint density at radius 3 is 2.35 bits per heavy atom. The molecule has 0 aromatic heterocycles. The van der Waals surface area contributed by atoms with Gasteiger partial charge in [0.25, 0.3) is 0 Å². The zero-order chi connectivity index (χ0) is 13.6. The highest BCUT2D eigenvalue weighted by Crippen LogP contribution is 2.43. The Bertz CT molecular complexity index is 383. The number of hydrogen-bond donors (Lipinski definition) is 0. The number of carbonyl (C=O) groups excluding carboxylic acids is 1. The largest absolute Gasteiger partial charge is 0.446 e. The van der Waals surface area contributed by atoms with E-state index in [2.05, 4.69) is 0 Å². The van der Waals surface area contributed by atoms with Gasteiger partial charge in [0.15, 0.2) is 0 Å². The highest BCUT2D eigenvalue weighted by atomic mass is 16.6. The van der Waals surface area contributed by atoms with Crippen molar-refractivity contribution in [3.63, 3.8) is 0 Å². The van der Waals surface area contributed by atoms with Crippen LogP contribution in [0.2, 0.25) is 0 Å². The molecule has 3 heterocycles. The Morgan fingerprint density at radius 1 is 1.10 bits per heavy atom. The van der Waals surface area contributed by atoms with Crippen LogP contribution >= 0.6 is 0 Å². The molecule has 1 amide bonds. The molecule has 4 aliphatic rings. The Morgan fingerprint density at radius 2 is 1.75 bits per heavy atom. The van der Waals surface area contributed by atoms with Crippen LogP contribution in [-0.4, -0.2) is 55.6 Å². The standard InChI is InChI=1S/C15H23NO4/c17-13(16-9-14(10-16)5-7-18-8-6-14)20-12-1-3-15(4-2-12)11-19-15/h12H,1-11H2. The number of rotatable bonds is 1. The molecule has 0 N–H and O–H groups in total. The first-order valence-electron chi connectivity index (χ1n) is 7.86. The second-order valence-corrected chi connectivity index (χ2v) is 7.02. The van der Waals surface area contributed by atoms with Crippen LogP contribution in [0.5, 0.6) is 0 Å². The normalized spacial score (nSPS) is 38.6. The predicted octanol–water partition coefficient (Wildman–Crippen LogP) is 1.95. The zero-order valence-corrected chi connectivity index (χ0v) is 11.9. The van der Waals surface area contributed by atoms with E-state index in [1.54, 1.807) is 0 Å². The van der Waals surface area contributed by atoms with Crippen molar-refractivity contribution in [1.29, 1.82) is 0 Å². The lowest BCUT2D eigenvalue weighted by atomic mass is 9.74. The van der Waals surface area contributed by atoms with Gasteiger partial charge in [0.1, 0.15) is 6.10 Å². The van der Waals surface area contributed by atoms with Gasteiger partial charge in [-0.25, -0.2) is 4.79 Å². The first kappa shape index (κ1) is 12.9. The maximum absolute atomic E-state index is 12.1. The topological polar surface area (TPSA) is 51.3 Å². The molecular weight excluding hydrogens is 258 g/mol. The summed E-state index contributed by atoms with van der Waals surface area (Å²) in [5.41, 5.74) is 0.502. The minimum atomic E-state index is -0.111. The quantitative estimate of drug-likeness (QED) is 0.689. The number of likely N-dealkylation sites (tertiary alicyclic amines) is 1. The van der Waals surface area contributed by atoms with E-state index in [1.165, 1.54) is 0 Å². The molecule has 0 radical (unpaired) electrons. The molecule has 1 saturated carbocycles. The number of nitrogens with zero attached hydrogens (tertiary/aromatic N) is 1. The third-order valence-electron chi connectivity index (χ3n) is 5.53. The SMILES string of the molecule is O=C(OC1CCC2(CC1)CO2)N1CC2(CCOCC2)C1. The van der Waals surface area contributed by atoms with Crippen molar-refractivity contribution in [1.82, 2.24) is 4.90 Å². The summed E-state index contributed by atoms with van der Waals surface area (Å²) in [4.78, 5) is 14.0. The van der Waals surface area contributed by atoms with Crippen LogP contribution in [-0.2, 0) is 14.2 Å². The second kappa shape index (κ2) is 4.60. The molecule has 0 aromatic rings. The zero-order valence-electron chi connectivity index (χ0n) is 11.9. The second-order valence-electron chi connectivity index (χ2n) is 7.02. The molecular formula is C15H23NO4. The fourth-order valence-electron chi connectivity index (χ4n) is 3.86. The minimum Gasteiger partial charge on any atom is -0.446 e. The van der Waals surface area contributed by atoms with Gasteiger partial charge in [-0.3, -0.25) is 0 Å². The molecule has 0 atom stereocenters. The molecule has 4 fully saturated rings. The maximum Gasteiger partial charge on any atom is 0.410 e. The molecule has 2 spiro atoms. The van der Waals surface area contributed by atoms with E-state index >= 15 is 0 Å². The fourth-order valence-corrected chi connectivity index (χ4v) is 3.86. The van der Waals surface area contributed by atoms with Crippen molar-refractivity contribution >= 4 is 6.09 Å². The Hall–Kier alpha value is -0.810. The molecule has 20 heavy (non-hydrogen) atoms. The van der Waals surface area contributed by atoms with Crippen LogP contribution in [0, 0.1) is 5.41 Å². The molecule has 112 valence electrons. The summed E-state index contributed by atoms with van der Waals surface area (Å²) >= 11 is 0. The number of epoxide rings is 1. The van der Waals surface area contributed by atoms with Gasteiger partial charge in [0.2, 0.25) is 0 Å². The van der Waals surface area contributed by atoms with Crippen molar-refractivity contribution in [2.45, 2.75) is 50.2 Å². The maximum atomic E-state index is 12.1. The van der Waals surface area contributed by atoms with Gasteiger partial charge in [-0.15, -0.1) is 0 Å². The Labute approximate surface area is 119 Å². The molecule has 3 saturated heterocycles. The van der Waals surface area contributed by atoms with Gasteiger partial charge in [-0.1, -0.05) is 0 Å². The average Bonchev–Trinajstić information content (AvgIpc) is 3.19. The van der Waals surface area contributed by atoms with Gasteiger partial charge >= 0.3 is 6.09 Å². The third-order valence-corrected chi connectivity index (χ3v) is 5.53. The third kappa shape index (κ3) is 2.31. The van der Waals surface area contributed by atoms with Crippen molar-refractivity contribution < 1.29 is 19.0 Å². The van der Waals surface area contributed by atoms with E-state index in [1.807, 2.05) is 4.90 Å². The summed E-state index contributed by atoms with van der Waals surface area (Å²) in [6.45, 7) is 4.30. The first-order valence-corrected chi connectivity index (χ1v) is 7.86. The van der Waals surface area contributed by atoms with Crippen LogP contribution in [0.15, 0.2) is 0 Å². The molecule has 0 aromatic carbocycles. The molecule has 5 heteroatoms. The van der Waals surface area contributed by atoms with E-state index in [0.29, 0.717) is 5.41 Å². The van der Waals surface area contributed by atoms with Gasteiger partial charge in [0, 0.05) is 31.7 Å². The van der Waals surface area contributed by atoms with E-state index < -0.39 is 0 Å². The van der Waals surface area contributed by atoms with Crippen molar-refractivity contribution in [2.24, 2.45) is 5.41 Å². The summed E-state index contributed by atoms with van der Waals surface area (Å²) in [6, 6.07) is 0. The monoisotopic (exact) mass is 281 g/mol. The summed E-state index contributed by atoms with van der Waals surface area (Å²) in [5.74, 6) is 0. The molecule has 1 aliphatic carbocycles. The van der Waals surface area contributed by atoms with Crippen LogP contribution in [0.25, 0.3) is 0 Å². The summed E-state index contributed by atoms with van der Waals surface area (Å²) in [7, 11) is 0. The van der Waals surface area contributed by atoms with E-state index in [0.717, 1.165) is 71.4 Å². The summed E-state index contributed by atoms with van der Waals surface area (Å²) in [5, 5.41) is 0. The fraction of sp³-hybridized carbons (Fsp3) is 0.933. The number of carbonyl (C=O) groups is 1. The summed E-state index contributed by atoms with van der Waals surface area (Å²) in [6.07, 6.45) is 6.17. The predicted molar refractivity (Wildman–Crippen MR) is 71.5 cm³/mol. The summed E-state index contributed by atoms with van der Waals surface area (Å²) < 4.78 is 16.5. The van der Waals surface area contributed by atoms with Crippen molar-refractivity contribution in [3.8, 4) is 0 Å². The van der Waals surface area contributed by atoms with Gasteiger partial charge in [-0.2, -0.15) is 0 Å². The van der Waals surface area contributed by atoms with Gasteiger partial charge in [0.05, 0.1) is 12.2 Å². The number of amides is 1. The minimum absolute atomic E-state index is 0.101. The number of hydrogen-bond acceptors (Lipinski definition) is 4. The lowest BCUT2D eigenvalue weighted by Gasteiger charge is -2.51. The smallest absolute Gasteiger partial charge is 0.410 e. The Balaban J connectivity index is 1.23. The van der Waals surface area contributed by atoms with Crippen LogP contribution in [0.3, 0.4) is 0 Å². The number of ether oxygens (including phenoxy) is 3. The lowest BCUT2D eigenvalue weighted by Crippen LogP contribution is -2.60. The van der Waals surface area contributed by atoms with E-state index in [9.17, 15) is 4.79 Å². The van der Waals surface area contributed by atoms with Gasteiger partial charge < -0.3 is 19.1 Å². The van der Waals surface area contributed by atoms with E-state index in [-0.39, 0.29) is 17.8 Å². The Kier molecular flexibility index (Phi) is 2.96. The molecule has 3 aliphatic heterocycles. The van der Waals surface area contributed by atoms with Crippen LogP contribution in [0.4, 0.5) is 4.79 Å². The van der Waals surface area contributed by atoms with Crippen LogP contribution < -0.4 is 0 Å². The average molecular weight is 281 g/mol. The lowest BCUT2D eigenvalue weighted by molar-refractivity contribution is -0.0804. The van der Waals surface area contributed by atoms with E-state index in [4.69, 9.17) is 14.2 Å².